The fourth-order valence-corrected chi connectivity index (χ4v) is 3.66. The summed E-state index contributed by atoms with van der Waals surface area (Å²) in [5.74, 6) is 1.20. The standard InChI is InChI=1S/C16H16BrN3OS/c1-11(20(2)10-13-8-9-14(17)22-13)15-18-19-16(21-15)12-6-4-3-5-7-12/h3-9,11H,10H2,1-2H3. The Labute approximate surface area is 141 Å². The number of rotatable bonds is 5. The van der Waals surface area contributed by atoms with E-state index in [1.807, 2.05) is 30.3 Å². The van der Waals surface area contributed by atoms with Crippen LogP contribution in [0.5, 0.6) is 0 Å². The molecule has 114 valence electrons. The summed E-state index contributed by atoms with van der Waals surface area (Å²) < 4.78 is 6.97. The molecule has 0 radical (unpaired) electrons. The molecule has 3 aromatic rings. The van der Waals surface area contributed by atoms with Crippen LogP contribution in [0.4, 0.5) is 0 Å². The molecule has 2 aromatic heterocycles. The van der Waals surface area contributed by atoms with Crippen LogP contribution in [0.25, 0.3) is 11.5 Å². The molecule has 1 unspecified atom stereocenters. The quantitative estimate of drug-likeness (QED) is 0.642. The number of halogens is 1. The van der Waals surface area contributed by atoms with Crippen molar-refractivity contribution in [2.75, 3.05) is 7.05 Å². The lowest BCUT2D eigenvalue weighted by Gasteiger charge is -2.20. The maximum atomic E-state index is 5.83. The summed E-state index contributed by atoms with van der Waals surface area (Å²) in [5, 5.41) is 8.35. The van der Waals surface area contributed by atoms with Gasteiger partial charge in [-0.15, -0.1) is 21.5 Å². The van der Waals surface area contributed by atoms with Gasteiger partial charge in [-0.1, -0.05) is 18.2 Å². The second-order valence-corrected chi connectivity index (χ2v) is 7.66. The number of hydrogen-bond donors (Lipinski definition) is 0. The lowest BCUT2D eigenvalue weighted by Crippen LogP contribution is -2.21. The smallest absolute Gasteiger partial charge is 0.247 e. The summed E-state index contributed by atoms with van der Waals surface area (Å²) in [5.41, 5.74) is 0.943. The normalized spacial score (nSPS) is 12.7. The summed E-state index contributed by atoms with van der Waals surface area (Å²) in [6.07, 6.45) is 0. The SMILES string of the molecule is CC(c1nnc(-c2ccccc2)o1)N(C)Cc1ccc(Br)s1. The van der Waals surface area contributed by atoms with E-state index in [4.69, 9.17) is 4.42 Å². The topological polar surface area (TPSA) is 42.2 Å². The van der Waals surface area contributed by atoms with Gasteiger partial charge >= 0.3 is 0 Å². The molecule has 1 aromatic carbocycles. The van der Waals surface area contributed by atoms with Crippen LogP contribution in [0, 0.1) is 0 Å². The van der Waals surface area contributed by atoms with Crippen molar-refractivity contribution in [3.05, 3.63) is 57.0 Å². The maximum absolute atomic E-state index is 5.83. The van der Waals surface area contributed by atoms with Crippen LogP contribution < -0.4 is 0 Å². The number of thiophene rings is 1. The van der Waals surface area contributed by atoms with Gasteiger partial charge in [0.05, 0.1) is 9.83 Å². The number of nitrogens with zero attached hydrogens (tertiary/aromatic N) is 3. The number of hydrogen-bond acceptors (Lipinski definition) is 5. The first kappa shape index (κ1) is 15.4. The Hall–Kier alpha value is -1.50. The van der Waals surface area contributed by atoms with Crippen LogP contribution in [0.15, 0.2) is 50.7 Å². The van der Waals surface area contributed by atoms with Gasteiger partial charge < -0.3 is 4.42 Å². The van der Waals surface area contributed by atoms with E-state index in [2.05, 4.69) is 57.1 Å². The van der Waals surface area contributed by atoms with Crippen LogP contribution >= 0.6 is 27.3 Å². The summed E-state index contributed by atoms with van der Waals surface area (Å²) in [4.78, 5) is 3.49. The third-order valence-electron chi connectivity index (χ3n) is 3.51. The van der Waals surface area contributed by atoms with Crippen LogP contribution in [0.3, 0.4) is 0 Å². The van der Waals surface area contributed by atoms with E-state index in [1.54, 1.807) is 11.3 Å². The van der Waals surface area contributed by atoms with Gasteiger partial charge in [-0.25, -0.2) is 0 Å². The summed E-state index contributed by atoms with van der Waals surface area (Å²) in [6.45, 7) is 2.92. The van der Waals surface area contributed by atoms with Gasteiger partial charge in [-0.05, 0) is 54.2 Å². The van der Waals surface area contributed by atoms with E-state index < -0.39 is 0 Å². The van der Waals surface area contributed by atoms with Crippen molar-refractivity contribution in [1.82, 2.24) is 15.1 Å². The number of aromatic nitrogens is 2. The zero-order valence-electron chi connectivity index (χ0n) is 12.4. The molecule has 0 aliphatic carbocycles. The first-order valence-electron chi connectivity index (χ1n) is 6.97. The molecule has 1 atom stereocenters. The minimum atomic E-state index is 0.0610. The van der Waals surface area contributed by atoms with Crippen LogP contribution in [0.1, 0.15) is 23.7 Å². The molecule has 0 fully saturated rings. The predicted molar refractivity (Wildman–Crippen MR) is 91.6 cm³/mol. The Morgan fingerprint density at radius 3 is 2.64 bits per heavy atom. The molecule has 0 amide bonds. The molecule has 0 aliphatic heterocycles. The van der Waals surface area contributed by atoms with E-state index in [1.165, 1.54) is 4.88 Å². The Morgan fingerprint density at radius 2 is 1.95 bits per heavy atom. The van der Waals surface area contributed by atoms with Crippen molar-refractivity contribution in [1.29, 1.82) is 0 Å². The molecule has 6 heteroatoms. The third-order valence-corrected chi connectivity index (χ3v) is 5.12. The van der Waals surface area contributed by atoms with Crippen molar-refractivity contribution < 1.29 is 4.42 Å². The minimum absolute atomic E-state index is 0.0610. The Balaban J connectivity index is 1.72. The average Bonchev–Trinajstić information content (AvgIpc) is 3.17. The van der Waals surface area contributed by atoms with E-state index >= 15 is 0 Å². The Bertz CT molecular complexity index is 741. The van der Waals surface area contributed by atoms with Crippen molar-refractivity contribution in [3.8, 4) is 11.5 Å². The average molecular weight is 378 g/mol. The predicted octanol–water partition coefficient (Wildman–Crippen LogP) is 4.75. The Morgan fingerprint density at radius 1 is 1.18 bits per heavy atom. The largest absolute Gasteiger partial charge is 0.419 e. The third kappa shape index (κ3) is 3.45. The van der Waals surface area contributed by atoms with Gasteiger partial charge in [-0.2, -0.15) is 0 Å². The highest BCUT2D eigenvalue weighted by molar-refractivity contribution is 9.11. The molecule has 22 heavy (non-hydrogen) atoms. The lowest BCUT2D eigenvalue weighted by atomic mass is 10.2. The van der Waals surface area contributed by atoms with Crippen molar-refractivity contribution >= 4 is 27.3 Å². The van der Waals surface area contributed by atoms with Gasteiger partial charge in [-0.3, -0.25) is 4.90 Å². The van der Waals surface area contributed by atoms with E-state index in [0.717, 1.165) is 15.9 Å². The fraction of sp³-hybridized carbons (Fsp3) is 0.250. The first-order valence-corrected chi connectivity index (χ1v) is 8.57. The van der Waals surface area contributed by atoms with Crippen LogP contribution in [-0.2, 0) is 6.54 Å². The molecule has 2 heterocycles. The van der Waals surface area contributed by atoms with Crippen molar-refractivity contribution in [3.63, 3.8) is 0 Å². The summed E-state index contributed by atoms with van der Waals surface area (Å²) >= 11 is 5.23. The zero-order chi connectivity index (χ0) is 15.5. The molecule has 3 rings (SSSR count). The molecule has 0 saturated carbocycles. The maximum Gasteiger partial charge on any atom is 0.247 e. The lowest BCUT2D eigenvalue weighted by molar-refractivity contribution is 0.219. The van der Waals surface area contributed by atoms with E-state index in [0.29, 0.717) is 11.8 Å². The minimum Gasteiger partial charge on any atom is -0.419 e. The van der Waals surface area contributed by atoms with E-state index in [-0.39, 0.29) is 6.04 Å². The van der Waals surface area contributed by atoms with Crippen molar-refractivity contribution in [2.24, 2.45) is 0 Å². The number of benzene rings is 1. The molecule has 0 spiro atoms. The van der Waals surface area contributed by atoms with Crippen LogP contribution in [-0.4, -0.2) is 22.1 Å². The second-order valence-electron chi connectivity index (χ2n) is 5.11. The molecular weight excluding hydrogens is 362 g/mol. The van der Waals surface area contributed by atoms with Gasteiger partial charge in [0.2, 0.25) is 11.8 Å². The van der Waals surface area contributed by atoms with Gasteiger partial charge in [0.15, 0.2) is 0 Å². The van der Waals surface area contributed by atoms with Gasteiger partial charge in [0, 0.05) is 17.0 Å². The molecule has 4 nitrogen and oxygen atoms in total. The van der Waals surface area contributed by atoms with Crippen molar-refractivity contribution in [2.45, 2.75) is 19.5 Å². The van der Waals surface area contributed by atoms with E-state index in [9.17, 15) is 0 Å². The molecule has 0 aliphatic rings. The van der Waals surface area contributed by atoms with Gasteiger partial charge in [0.1, 0.15) is 0 Å². The highest BCUT2D eigenvalue weighted by atomic mass is 79.9. The highest BCUT2D eigenvalue weighted by Crippen LogP contribution is 2.27. The van der Waals surface area contributed by atoms with Gasteiger partial charge in [0.25, 0.3) is 0 Å². The molecule has 0 N–H and O–H groups in total. The Kier molecular flexibility index (Phi) is 4.71. The summed E-state index contributed by atoms with van der Waals surface area (Å²) in [7, 11) is 2.06. The zero-order valence-corrected chi connectivity index (χ0v) is 14.8. The fourth-order valence-electron chi connectivity index (χ4n) is 2.11. The van der Waals surface area contributed by atoms with Crippen LogP contribution in [0.2, 0.25) is 0 Å². The second kappa shape index (κ2) is 6.73. The highest BCUT2D eigenvalue weighted by Gasteiger charge is 2.19. The summed E-state index contributed by atoms with van der Waals surface area (Å²) in [6, 6.07) is 14.1. The first-order chi connectivity index (χ1) is 10.6. The molecule has 0 bridgehead atoms. The molecule has 0 saturated heterocycles. The molecular formula is C16H16BrN3OS. The monoisotopic (exact) mass is 377 g/mol.